The molecule has 0 aliphatic rings. The second-order valence-electron chi connectivity index (χ2n) is 6.97. The summed E-state index contributed by atoms with van der Waals surface area (Å²) in [6, 6.07) is 5.93. The number of aromatic nitrogens is 1. The van der Waals surface area contributed by atoms with Gasteiger partial charge < -0.3 is 9.22 Å². The molecule has 0 aliphatic carbocycles. The number of aryl methyl sites for hydroxylation is 1. The number of alkyl halides is 3. The molecule has 0 aliphatic heterocycles. The number of fused-ring (bicyclic) bond motifs is 1. The summed E-state index contributed by atoms with van der Waals surface area (Å²) >= 11 is 4.42. The molecule has 0 saturated carbocycles. The second-order valence-corrected chi connectivity index (χ2v) is 8.09. The van der Waals surface area contributed by atoms with Gasteiger partial charge in [0.25, 0.3) is 0 Å². The molecule has 0 bridgehead atoms. The lowest BCUT2D eigenvalue weighted by Gasteiger charge is -2.38. The standard InChI is InChI=1S/C17H20BF3NO2S/c1-15(2,16(3,4)25)24-18-13-12(17(19,20)21)10-8-6-7-9-11(10)22(5)14(13)23/h6-9,25H,1-5H3. The highest BCUT2D eigenvalue weighted by atomic mass is 32.1. The van der Waals surface area contributed by atoms with Crippen molar-refractivity contribution in [1.29, 1.82) is 0 Å². The fraction of sp³-hybridized carbons (Fsp3) is 0.471. The van der Waals surface area contributed by atoms with Crippen LogP contribution in [-0.2, 0) is 17.9 Å². The zero-order valence-corrected chi connectivity index (χ0v) is 15.6. The zero-order chi connectivity index (χ0) is 19.2. The molecular weight excluding hydrogens is 350 g/mol. The van der Waals surface area contributed by atoms with Crippen molar-refractivity contribution in [2.24, 2.45) is 7.05 Å². The molecular formula is C17H20BF3NO2S. The Kier molecular flexibility index (Phi) is 5.09. The fourth-order valence-corrected chi connectivity index (χ4v) is 2.34. The Morgan fingerprint density at radius 1 is 1.12 bits per heavy atom. The van der Waals surface area contributed by atoms with Gasteiger partial charge >= 0.3 is 13.7 Å². The molecule has 2 aromatic rings. The number of halogens is 3. The molecule has 1 radical (unpaired) electrons. The van der Waals surface area contributed by atoms with E-state index in [0.29, 0.717) is 0 Å². The van der Waals surface area contributed by atoms with Crippen LogP contribution in [0.2, 0.25) is 0 Å². The minimum Gasteiger partial charge on any atom is -0.428 e. The van der Waals surface area contributed by atoms with E-state index in [-0.39, 0.29) is 10.9 Å². The summed E-state index contributed by atoms with van der Waals surface area (Å²) in [7, 11) is 2.35. The van der Waals surface area contributed by atoms with Crippen LogP contribution in [0.25, 0.3) is 10.9 Å². The number of rotatable bonds is 4. The van der Waals surface area contributed by atoms with Crippen molar-refractivity contribution in [3.05, 3.63) is 40.2 Å². The molecule has 1 aromatic carbocycles. The first-order valence-corrected chi connectivity index (χ1v) is 8.14. The smallest absolute Gasteiger partial charge is 0.416 e. The highest BCUT2D eigenvalue weighted by Crippen LogP contribution is 2.34. The molecule has 8 heteroatoms. The van der Waals surface area contributed by atoms with Gasteiger partial charge in [-0.15, -0.1) is 0 Å². The fourth-order valence-electron chi connectivity index (χ4n) is 2.28. The summed E-state index contributed by atoms with van der Waals surface area (Å²) < 4.78 is 47.3. The van der Waals surface area contributed by atoms with E-state index >= 15 is 0 Å². The van der Waals surface area contributed by atoms with Gasteiger partial charge in [-0.25, -0.2) is 0 Å². The van der Waals surface area contributed by atoms with Crippen LogP contribution in [0.5, 0.6) is 0 Å². The van der Waals surface area contributed by atoms with Crippen LogP contribution in [0.4, 0.5) is 13.2 Å². The van der Waals surface area contributed by atoms with Gasteiger partial charge in [0, 0.05) is 22.6 Å². The predicted octanol–water partition coefficient (Wildman–Crippen LogP) is 3.31. The molecule has 1 heterocycles. The lowest BCUT2D eigenvalue weighted by atomic mass is 9.80. The predicted molar refractivity (Wildman–Crippen MR) is 97.8 cm³/mol. The molecule has 135 valence electrons. The Morgan fingerprint density at radius 3 is 2.20 bits per heavy atom. The summed E-state index contributed by atoms with van der Waals surface area (Å²) in [5.74, 6) is 0. The monoisotopic (exact) mass is 370 g/mol. The van der Waals surface area contributed by atoms with Crippen molar-refractivity contribution in [3.63, 3.8) is 0 Å². The van der Waals surface area contributed by atoms with Crippen molar-refractivity contribution < 1.29 is 17.8 Å². The molecule has 25 heavy (non-hydrogen) atoms. The van der Waals surface area contributed by atoms with E-state index in [2.05, 4.69) is 12.6 Å². The Labute approximate surface area is 150 Å². The Morgan fingerprint density at radius 2 is 1.68 bits per heavy atom. The highest BCUT2D eigenvalue weighted by Gasteiger charge is 2.40. The van der Waals surface area contributed by atoms with Crippen molar-refractivity contribution in [2.45, 2.75) is 44.2 Å². The Bertz CT molecular complexity index is 854. The summed E-state index contributed by atoms with van der Waals surface area (Å²) in [5.41, 5.74) is -2.95. The van der Waals surface area contributed by atoms with Crippen molar-refractivity contribution in [1.82, 2.24) is 4.57 Å². The molecule has 0 atom stereocenters. The molecule has 3 nitrogen and oxygen atoms in total. The largest absolute Gasteiger partial charge is 0.428 e. The summed E-state index contributed by atoms with van der Waals surface area (Å²) in [6.07, 6.45) is -4.69. The molecule has 2 rings (SSSR count). The minimum atomic E-state index is -4.69. The van der Waals surface area contributed by atoms with Crippen molar-refractivity contribution in [2.75, 3.05) is 0 Å². The van der Waals surface area contributed by atoms with E-state index in [1.54, 1.807) is 33.8 Å². The number of hydrogen-bond acceptors (Lipinski definition) is 3. The topological polar surface area (TPSA) is 31.2 Å². The number of para-hydroxylation sites is 1. The van der Waals surface area contributed by atoms with E-state index in [1.807, 2.05) is 0 Å². The summed E-state index contributed by atoms with van der Waals surface area (Å²) in [6.45, 7) is 6.98. The van der Waals surface area contributed by atoms with E-state index in [4.69, 9.17) is 4.65 Å². The molecule has 0 fully saturated rings. The highest BCUT2D eigenvalue weighted by molar-refractivity contribution is 7.81. The van der Waals surface area contributed by atoms with Gasteiger partial charge in [-0.3, -0.25) is 4.79 Å². The van der Waals surface area contributed by atoms with Crippen LogP contribution in [-0.4, -0.2) is 22.4 Å². The van der Waals surface area contributed by atoms with E-state index in [9.17, 15) is 18.0 Å². The number of pyridine rings is 1. The zero-order valence-electron chi connectivity index (χ0n) is 14.7. The normalized spacial score (nSPS) is 13.3. The average Bonchev–Trinajstić information content (AvgIpc) is 2.47. The maximum atomic E-state index is 13.7. The molecule has 0 amide bonds. The van der Waals surface area contributed by atoms with Crippen LogP contribution < -0.4 is 11.0 Å². The SMILES string of the molecule is Cn1c(=O)c([B]OC(C)(C)C(C)(C)S)c(C(F)(F)F)c2ccccc21. The molecule has 0 saturated heterocycles. The Balaban J connectivity index is 2.68. The molecule has 1 aromatic heterocycles. The quantitative estimate of drug-likeness (QED) is 0.662. The van der Waals surface area contributed by atoms with Crippen LogP contribution >= 0.6 is 12.6 Å². The third-order valence-corrected chi connectivity index (χ3v) is 5.11. The van der Waals surface area contributed by atoms with Crippen molar-refractivity contribution >= 4 is 36.5 Å². The van der Waals surface area contributed by atoms with Gasteiger partial charge in [0.15, 0.2) is 0 Å². The van der Waals surface area contributed by atoms with E-state index in [1.165, 1.54) is 29.8 Å². The van der Waals surface area contributed by atoms with E-state index in [0.717, 1.165) is 7.48 Å². The van der Waals surface area contributed by atoms with Crippen LogP contribution in [0.15, 0.2) is 29.1 Å². The van der Waals surface area contributed by atoms with Gasteiger partial charge in [0.1, 0.15) is 0 Å². The number of thiol groups is 1. The molecule has 0 unspecified atom stereocenters. The lowest BCUT2D eigenvalue weighted by Crippen LogP contribution is -2.50. The van der Waals surface area contributed by atoms with Gasteiger partial charge in [-0.05, 0) is 33.8 Å². The average molecular weight is 370 g/mol. The number of benzene rings is 1. The van der Waals surface area contributed by atoms with Crippen LogP contribution in [0, 0.1) is 0 Å². The lowest BCUT2D eigenvalue weighted by molar-refractivity contribution is -0.135. The first kappa shape index (κ1) is 19.9. The molecule has 0 spiro atoms. The first-order chi connectivity index (χ1) is 11.3. The van der Waals surface area contributed by atoms with Gasteiger partial charge in [0.2, 0.25) is 5.56 Å². The van der Waals surface area contributed by atoms with Gasteiger partial charge in [0.05, 0.1) is 16.7 Å². The van der Waals surface area contributed by atoms with Crippen LogP contribution in [0.1, 0.15) is 33.3 Å². The first-order valence-electron chi connectivity index (χ1n) is 7.69. The maximum Gasteiger partial charge on any atom is 0.416 e. The number of hydrogen-bond donors (Lipinski definition) is 1. The van der Waals surface area contributed by atoms with Crippen LogP contribution in [0.3, 0.4) is 0 Å². The number of nitrogens with zero attached hydrogens (tertiary/aromatic N) is 1. The minimum absolute atomic E-state index is 0.0464. The second kappa shape index (κ2) is 6.39. The third-order valence-electron chi connectivity index (χ3n) is 4.57. The summed E-state index contributed by atoms with van der Waals surface area (Å²) in [5, 5.41) is -0.0464. The Hall–Kier alpha value is -1.41. The van der Waals surface area contributed by atoms with E-state index < -0.39 is 33.1 Å². The van der Waals surface area contributed by atoms with Gasteiger partial charge in [-0.2, -0.15) is 25.8 Å². The van der Waals surface area contributed by atoms with Gasteiger partial charge in [-0.1, -0.05) is 18.2 Å². The summed E-state index contributed by atoms with van der Waals surface area (Å²) in [4.78, 5) is 12.5. The van der Waals surface area contributed by atoms with Crippen molar-refractivity contribution in [3.8, 4) is 0 Å². The third kappa shape index (κ3) is 3.74. The maximum absolute atomic E-state index is 13.7. The molecule has 0 N–H and O–H groups in total.